The Hall–Kier alpha value is -0.990. The second-order valence-electron chi connectivity index (χ2n) is 2.42. The summed E-state index contributed by atoms with van der Waals surface area (Å²) in [5, 5.41) is 0. The van der Waals surface area contributed by atoms with E-state index in [0.717, 1.165) is 0 Å². The molecule has 0 bridgehead atoms. The largest absolute Gasteiger partial charge is 0.479 e. The summed E-state index contributed by atoms with van der Waals surface area (Å²) in [6.45, 7) is 3.97. The number of nitrogens with zero attached hydrogens (tertiary/aromatic N) is 1. The molecule has 0 spiro atoms. The molecule has 0 rings (SSSR count). The van der Waals surface area contributed by atoms with E-state index >= 15 is 0 Å². The minimum absolute atomic E-state index is 0.00199. The predicted octanol–water partition coefficient (Wildman–Crippen LogP) is 1.01. The van der Waals surface area contributed by atoms with E-state index in [-0.39, 0.29) is 5.78 Å². The summed E-state index contributed by atoms with van der Waals surface area (Å²) in [4.78, 5) is 12.4. The summed E-state index contributed by atoms with van der Waals surface area (Å²) < 4.78 is 5.18. The van der Waals surface area contributed by atoms with Crippen LogP contribution in [0.2, 0.25) is 0 Å². The SMILES string of the molecule is CCO/C(=C\C(C)=O)N(C)C. The summed E-state index contributed by atoms with van der Waals surface area (Å²) in [6, 6.07) is 0. The molecule has 3 nitrogen and oxygen atoms in total. The molecule has 0 N–H and O–H groups in total. The fourth-order valence-electron chi connectivity index (χ4n) is 0.622. The summed E-state index contributed by atoms with van der Waals surface area (Å²) >= 11 is 0. The first-order chi connectivity index (χ1) is 5.07. The number of ether oxygens (including phenoxy) is 1. The highest BCUT2D eigenvalue weighted by atomic mass is 16.5. The maximum absolute atomic E-state index is 10.7. The quantitative estimate of drug-likeness (QED) is 0.450. The van der Waals surface area contributed by atoms with Gasteiger partial charge in [-0.15, -0.1) is 0 Å². The van der Waals surface area contributed by atoms with Gasteiger partial charge in [-0.3, -0.25) is 4.79 Å². The molecule has 0 aromatic heterocycles. The molecular weight excluding hydrogens is 142 g/mol. The van der Waals surface area contributed by atoms with Crippen LogP contribution in [0, 0.1) is 0 Å². The minimum Gasteiger partial charge on any atom is -0.479 e. The number of hydrogen-bond donors (Lipinski definition) is 0. The molecule has 0 saturated heterocycles. The third kappa shape index (κ3) is 4.42. The number of allylic oxidation sites excluding steroid dienone is 1. The molecule has 0 aliphatic rings. The van der Waals surface area contributed by atoms with Crippen LogP contribution in [0.3, 0.4) is 0 Å². The molecule has 0 saturated carbocycles. The Bertz CT molecular complexity index is 161. The van der Waals surface area contributed by atoms with E-state index in [1.54, 1.807) is 4.90 Å². The van der Waals surface area contributed by atoms with E-state index in [1.165, 1.54) is 13.0 Å². The molecule has 0 amide bonds. The van der Waals surface area contributed by atoms with Gasteiger partial charge in [0.15, 0.2) is 11.7 Å². The van der Waals surface area contributed by atoms with E-state index in [1.807, 2.05) is 21.0 Å². The molecule has 0 fully saturated rings. The monoisotopic (exact) mass is 157 g/mol. The first-order valence-corrected chi connectivity index (χ1v) is 3.60. The van der Waals surface area contributed by atoms with Gasteiger partial charge >= 0.3 is 0 Å². The normalized spacial score (nSPS) is 11.1. The zero-order valence-corrected chi connectivity index (χ0v) is 7.55. The van der Waals surface area contributed by atoms with E-state index < -0.39 is 0 Å². The van der Waals surface area contributed by atoms with Gasteiger partial charge in [-0.1, -0.05) is 0 Å². The van der Waals surface area contributed by atoms with Gasteiger partial charge in [-0.05, 0) is 13.8 Å². The Morgan fingerprint density at radius 1 is 1.55 bits per heavy atom. The second-order valence-corrected chi connectivity index (χ2v) is 2.42. The lowest BCUT2D eigenvalue weighted by Crippen LogP contribution is -2.15. The molecule has 3 heteroatoms. The molecule has 0 heterocycles. The third-order valence-electron chi connectivity index (χ3n) is 1.06. The number of carbonyl (C=O) groups excluding carboxylic acids is 1. The summed E-state index contributed by atoms with van der Waals surface area (Å²) in [5.74, 6) is 0.613. The van der Waals surface area contributed by atoms with Crippen molar-refractivity contribution < 1.29 is 9.53 Å². The molecule has 0 atom stereocenters. The number of carbonyl (C=O) groups is 1. The molecule has 0 unspecified atom stereocenters. The van der Waals surface area contributed by atoms with Gasteiger partial charge in [0.2, 0.25) is 0 Å². The van der Waals surface area contributed by atoms with Gasteiger partial charge in [-0.25, -0.2) is 0 Å². The van der Waals surface area contributed by atoms with Crippen LogP contribution in [-0.4, -0.2) is 31.4 Å². The van der Waals surface area contributed by atoms with Gasteiger partial charge in [0.25, 0.3) is 0 Å². The fourth-order valence-corrected chi connectivity index (χ4v) is 0.622. The summed E-state index contributed by atoms with van der Waals surface area (Å²) in [6.07, 6.45) is 1.48. The fraction of sp³-hybridized carbons (Fsp3) is 0.625. The highest BCUT2D eigenvalue weighted by Gasteiger charge is 2.00. The zero-order chi connectivity index (χ0) is 8.85. The Balaban J connectivity index is 4.20. The van der Waals surface area contributed by atoms with E-state index in [4.69, 9.17) is 4.74 Å². The maximum atomic E-state index is 10.7. The van der Waals surface area contributed by atoms with E-state index in [2.05, 4.69) is 0 Å². The lowest BCUT2D eigenvalue weighted by molar-refractivity contribution is -0.113. The number of rotatable bonds is 4. The van der Waals surface area contributed by atoms with Crippen molar-refractivity contribution in [3.63, 3.8) is 0 Å². The highest BCUT2D eigenvalue weighted by Crippen LogP contribution is 1.99. The lowest BCUT2D eigenvalue weighted by atomic mass is 10.4. The van der Waals surface area contributed by atoms with Gasteiger partial charge in [-0.2, -0.15) is 0 Å². The van der Waals surface area contributed by atoms with Crippen molar-refractivity contribution in [2.24, 2.45) is 0 Å². The van der Waals surface area contributed by atoms with Crippen LogP contribution >= 0.6 is 0 Å². The van der Waals surface area contributed by atoms with Crippen LogP contribution in [0.4, 0.5) is 0 Å². The average Bonchev–Trinajstić information content (AvgIpc) is 1.86. The Morgan fingerprint density at radius 3 is 2.36 bits per heavy atom. The molecule has 64 valence electrons. The molecule has 0 aliphatic heterocycles. The van der Waals surface area contributed by atoms with Gasteiger partial charge in [0.05, 0.1) is 6.61 Å². The van der Waals surface area contributed by atoms with Gasteiger partial charge < -0.3 is 9.64 Å². The van der Waals surface area contributed by atoms with Crippen molar-refractivity contribution in [1.82, 2.24) is 4.90 Å². The third-order valence-corrected chi connectivity index (χ3v) is 1.06. The minimum atomic E-state index is 0.00199. The molecule has 0 aromatic rings. The second kappa shape index (κ2) is 4.77. The Kier molecular flexibility index (Phi) is 4.34. The Morgan fingerprint density at radius 2 is 2.09 bits per heavy atom. The Labute approximate surface area is 67.6 Å². The number of hydrogen-bond acceptors (Lipinski definition) is 3. The molecule has 0 radical (unpaired) electrons. The van der Waals surface area contributed by atoms with Crippen LogP contribution in [-0.2, 0) is 9.53 Å². The smallest absolute Gasteiger partial charge is 0.192 e. The molecule has 0 aromatic carbocycles. The highest BCUT2D eigenvalue weighted by molar-refractivity contribution is 5.87. The van der Waals surface area contributed by atoms with Gasteiger partial charge in [0, 0.05) is 20.2 Å². The van der Waals surface area contributed by atoms with Crippen LogP contribution in [0.1, 0.15) is 13.8 Å². The van der Waals surface area contributed by atoms with Crippen molar-refractivity contribution in [2.45, 2.75) is 13.8 Å². The van der Waals surface area contributed by atoms with Crippen molar-refractivity contribution >= 4 is 5.78 Å². The van der Waals surface area contributed by atoms with Crippen LogP contribution in [0.15, 0.2) is 12.0 Å². The topological polar surface area (TPSA) is 29.5 Å². The van der Waals surface area contributed by atoms with Gasteiger partial charge in [0.1, 0.15) is 0 Å². The van der Waals surface area contributed by atoms with Crippen molar-refractivity contribution in [2.75, 3.05) is 20.7 Å². The standard InChI is InChI=1S/C8H15NO2/c1-5-11-8(9(3)4)6-7(2)10/h6H,5H2,1-4H3/b8-6-. The number of ketones is 1. The van der Waals surface area contributed by atoms with Crippen LogP contribution in [0.25, 0.3) is 0 Å². The average molecular weight is 157 g/mol. The maximum Gasteiger partial charge on any atom is 0.192 e. The van der Waals surface area contributed by atoms with Crippen molar-refractivity contribution in [3.8, 4) is 0 Å². The summed E-state index contributed by atoms with van der Waals surface area (Å²) in [7, 11) is 3.68. The van der Waals surface area contributed by atoms with E-state index in [9.17, 15) is 4.79 Å². The van der Waals surface area contributed by atoms with Crippen molar-refractivity contribution in [3.05, 3.63) is 12.0 Å². The summed E-state index contributed by atoms with van der Waals surface area (Å²) in [5.41, 5.74) is 0. The first-order valence-electron chi connectivity index (χ1n) is 3.60. The zero-order valence-electron chi connectivity index (χ0n) is 7.55. The van der Waals surface area contributed by atoms with E-state index in [0.29, 0.717) is 12.5 Å². The van der Waals surface area contributed by atoms with Crippen LogP contribution < -0.4 is 0 Å². The molecule has 11 heavy (non-hydrogen) atoms. The lowest BCUT2D eigenvalue weighted by Gasteiger charge is -2.16. The molecular formula is C8H15NO2. The van der Waals surface area contributed by atoms with Crippen LogP contribution in [0.5, 0.6) is 0 Å². The predicted molar refractivity (Wildman–Crippen MR) is 44.1 cm³/mol. The first kappa shape index (κ1) is 10.0. The van der Waals surface area contributed by atoms with Crippen molar-refractivity contribution in [1.29, 1.82) is 0 Å². The molecule has 0 aliphatic carbocycles.